The Labute approximate surface area is 177 Å². The van der Waals surface area contributed by atoms with Gasteiger partial charge in [0.1, 0.15) is 0 Å². The number of imide groups is 1. The molecular weight excluding hydrogens is 380 g/mol. The van der Waals surface area contributed by atoms with Crippen LogP contribution in [0.5, 0.6) is 0 Å². The van der Waals surface area contributed by atoms with Crippen LogP contribution in [0.4, 0.5) is 0 Å². The third-order valence-electron chi connectivity index (χ3n) is 7.21. The molecule has 1 aromatic heterocycles. The Morgan fingerprint density at radius 2 is 1.77 bits per heavy atom. The first-order chi connectivity index (χ1) is 14.6. The molecule has 2 amide bonds. The third kappa shape index (κ3) is 3.70. The number of likely N-dealkylation sites (N-methyl/N-ethyl adjacent to an activating group) is 1. The summed E-state index contributed by atoms with van der Waals surface area (Å²) in [5.74, 6) is 0.221. The van der Waals surface area contributed by atoms with Gasteiger partial charge in [0.15, 0.2) is 0 Å². The van der Waals surface area contributed by atoms with Crippen molar-refractivity contribution in [2.24, 2.45) is 23.7 Å². The Hall–Kier alpha value is -2.09. The van der Waals surface area contributed by atoms with E-state index in [0.29, 0.717) is 13.2 Å². The second-order valence-electron chi connectivity index (χ2n) is 9.19. The Morgan fingerprint density at radius 1 is 1.07 bits per heavy atom. The number of fused-ring (bicyclic) bond motifs is 5. The quantitative estimate of drug-likeness (QED) is 0.494. The van der Waals surface area contributed by atoms with Gasteiger partial charge in [-0.3, -0.25) is 24.4 Å². The molecular formula is C23H30N4O3. The van der Waals surface area contributed by atoms with Crippen molar-refractivity contribution in [2.75, 3.05) is 46.3 Å². The Kier molecular flexibility index (Phi) is 5.43. The minimum atomic E-state index is -0.203. The molecule has 2 aliphatic carbocycles. The van der Waals surface area contributed by atoms with Gasteiger partial charge in [0.05, 0.1) is 31.1 Å². The van der Waals surface area contributed by atoms with Gasteiger partial charge in [-0.1, -0.05) is 18.2 Å². The molecule has 3 heterocycles. The maximum absolute atomic E-state index is 13.1. The molecule has 7 nitrogen and oxygen atoms in total. The number of carbonyl (C=O) groups excluding carboxylic acids is 2. The molecule has 2 bridgehead atoms. The lowest BCUT2D eigenvalue weighted by Gasteiger charge is -2.35. The van der Waals surface area contributed by atoms with Crippen LogP contribution in [0, 0.1) is 23.7 Å². The molecule has 5 atom stereocenters. The Morgan fingerprint density at radius 3 is 2.40 bits per heavy atom. The van der Waals surface area contributed by atoms with Crippen molar-refractivity contribution in [1.29, 1.82) is 0 Å². The lowest BCUT2D eigenvalue weighted by Crippen LogP contribution is -2.50. The predicted molar refractivity (Wildman–Crippen MR) is 111 cm³/mol. The molecule has 0 radical (unpaired) electrons. The number of aromatic nitrogens is 1. The van der Waals surface area contributed by atoms with Gasteiger partial charge < -0.3 is 9.64 Å². The fraction of sp³-hybridized carbons (Fsp3) is 0.609. The molecule has 5 rings (SSSR count). The summed E-state index contributed by atoms with van der Waals surface area (Å²) in [5, 5.41) is 0. The van der Waals surface area contributed by atoms with E-state index in [2.05, 4.69) is 34.0 Å². The molecule has 30 heavy (non-hydrogen) atoms. The first kappa shape index (κ1) is 19.8. The number of nitrogens with zero attached hydrogens (tertiary/aromatic N) is 4. The van der Waals surface area contributed by atoms with Crippen molar-refractivity contribution in [2.45, 2.75) is 19.1 Å². The van der Waals surface area contributed by atoms with E-state index in [1.165, 1.54) is 4.90 Å². The van der Waals surface area contributed by atoms with Gasteiger partial charge >= 0.3 is 0 Å². The number of allylic oxidation sites excluding steroid dienone is 2. The van der Waals surface area contributed by atoms with Gasteiger partial charge in [-0.15, -0.1) is 0 Å². The molecule has 3 fully saturated rings. The summed E-state index contributed by atoms with van der Waals surface area (Å²) in [6.45, 7) is 5.51. The van der Waals surface area contributed by atoms with Crippen LogP contribution in [0.3, 0.4) is 0 Å². The summed E-state index contributed by atoms with van der Waals surface area (Å²) >= 11 is 0. The highest BCUT2D eigenvalue weighted by molar-refractivity contribution is 6.06. The maximum Gasteiger partial charge on any atom is 0.233 e. The second-order valence-corrected chi connectivity index (χ2v) is 9.19. The molecule has 0 aromatic carbocycles. The molecule has 5 unspecified atom stereocenters. The van der Waals surface area contributed by atoms with Gasteiger partial charge in [-0.25, -0.2) is 0 Å². The monoisotopic (exact) mass is 410 g/mol. The number of ether oxygens (including phenoxy) is 1. The summed E-state index contributed by atoms with van der Waals surface area (Å²) in [5.41, 5.74) is 0.999. The van der Waals surface area contributed by atoms with Crippen molar-refractivity contribution >= 4 is 11.8 Å². The van der Waals surface area contributed by atoms with Gasteiger partial charge in [-0.05, 0) is 36.9 Å². The van der Waals surface area contributed by atoms with E-state index in [1.54, 1.807) is 12.4 Å². The lowest BCUT2D eigenvalue weighted by atomic mass is 9.85. The van der Waals surface area contributed by atoms with Crippen molar-refractivity contribution in [3.63, 3.8) is 0 Å². The SMILES string of the molecule is CN1CCN(CC(CN2C(=O)C3C4C=CC(C4)C3C2=O)OCc2cccnc2)CC1. The van der Waals surface area contributed by atoms with Crippen LogP contribution >= 0.6 is 0 Å². The highest BCUT2D eigenvalue weighted by Crippen LogP contribution is 2.52. The van der Waals surface area contributed by atoms with E-state index in [0.717, 1.165) is 44.7 Å². The number of likely N-dealkylation sites (tertiary alicyclic amines) is 1. The number of amides is 2. The van der Waals surface area contributed by atoms with Crippen LogP contribution < -0.4 is 0 Å². The minimum Gasteiger partial charge on any atom is -0.370 e. The van der Waals surface area contributed by atoms with Crippen molar-refractivity contribution in [3.8, 4) is 0 Å². The van der Waals surface area contributed by atoms with Crippen LogP contribution in [0.15, 0.2) is 36.7 Å². The predicted octanol–water partition coefficient (Wildman–Crippen LogP) is 1.02. The Bertz CT molecular complexity index is 791. The average Bonchev–Trinajstić information content (AvgIpc) is 3.44. The zero-order chi connectivity index (χ0) is 20.7. The normalized spacial score (nSPS) is 32.2. The third-order valence-corrected chi connectivity index (χ3v) is 7.21. The van der Waals surface area contributed by atoms with Crippen molar-refractivity contribution in [1.82, 2.24) is 19.7 Å². The highest BCUT2D eigenvalue weighted by atomic mass is 16.5. The summed E-state index contributed by atoms with van der Waals surface area (Å²) in [6, 6.07) is 3.88. The average molecular weight is 411 g/mol. The van der Waals surface area contributed by atoms with Crippen molar-refractivity contribution < 1.29 is 14.3 Å². The maximum atomic E-state index is 13.1. The zero-order valence-electron chi connectivity index (χ0n) is 17.5. The number of hydrogen-bond donors (Lipinski definition) is 0. The summed E-state index contributed by atoms with van der Waals surface area (Å²) in [4.78, 5) is 36.6. The fourth-order valence-electron chi connectivity index (χ4n) is 5.53. The van der Waals surface area contributed by atoms with Crippen molar-refractivity contribution in [3.05, 3.63) is 42.2 Å². The smallest absolute Gasteiger partial charge is 0.233 e. The largest absolute Gasteiger partial charge is 0.370 e. The lowest BCUT2D eigenvalue weighted by molar-refractivity contribution is -0.143. The molecule has 4 aliphatic rings. The van der Waals surface area contributed by atoms with Gasteiger partial charge in [0, 0.05) is 45.1 Å². The van der Waals surface area contributed by atoms with E-state index in [-0.39, 0.29) is 41.6 Å². The van der Waals surface area contributed by atoms with Gasteiger partial charge in [0.2, 0.25) is 11.8 Å². The highest BCUT2D eigenvalue weighted by Gasteiger charge is 2.59. The number of carbonyl (C=O) groups is 2. The molecule has 1 aromatic rings. The molecule has 2 aliphatic heterocycles. The van der Waals surface area contributed by atoms with Gasteiger partial charge in [-0.2, -0.15) is 0 Å². The van der Waals surface area contributed by atoms with E-state index >= 15 is 0 Å². The number of rotatable bonds is 7. The zero-order valence-corrected chi connectivity index (χ0v) is 17.5. The van der Waals surface area contributed by atoms with Crippen LogP contribution in [-0.2, 0) is 20.9 Å². The first-order valence-electron chi connectivity index (χ1n) is 11.0. The molecule has 0 N–H and O–H groups in total. The number of hydrogen-bond acceptors (Lipinski definition) is 6. The molecule has 160 valence electrons. The van der Waals surface area contributed by atoms with E-state index in [4.69, 9.17) is 4.74 Å². The van der Waals surface area contributed by atoms with Gasteiger partial charge in [0.25, 0.3) is 0 Å². The summed E-state index contributed by atoms with van der Waals surface area (Å²) in [7, 11) is 2.14. The molecule has 1 saturated carbocycles. The van der Waals surface area contributed by atoms with Crippen LogP contribution in [0.1, 0.15) is 12.0 Å². The minimum absolute atomic E-state index is 0.00945. The van der Waals surface area contributed by atoms with Crippen LogP contribution in [0.2, 0.25) is 0 Å². The fourth-order valence-corrected chi connectivity index (χ4v) is 5.53. The number of pyridine rings is 1. The topological polar surface area (TPSA) is 66.0 Å². The van der Waals surface area contributed by atoms with Crippen LogP contribution in [-0.4, -0.2) is 83.9 Å². The first-order valence-corrected chi connectivity index (χ1v) is 11.0. The summed E-state index contributed by atoms with van der Waals surface area (Å²) < 4.78 is 6.25. The molecule has 0 spiro atoms. The standard InChI is InChI=1S/C23H30N4O3/c1-25-7-9-26(10-8-25)13-19(30-15-16-3-2-6-24-12-16)14-27-22(28)20-17-4-5-18(11-17)21(20)23(27)29/h2-6,12,17-21H,7-11,13-15H2,1H3. The van der Waals surface area contributed by atoms with E-state index in [9.17, 15) is 9.59 Å². The summed E-state index contributed by atoms with van der Waals surface area (Å²) in [6.07, 6.45) is 8.58. The second kappa shape index (κ2) is 8.21. The Balaban J connectivity index is 1.27. The van der Waals surface area contributed by atoms with E-state index in [1.807, 2.05) is 12.1 Å². The molecule has 2 saturated heterocycles. The number of piperazine rings is 1. The van der Waals surface area contributed by atoms with E-state index < -0.39 is 0 Å². The van der Waals surface area contributed by atoms with Crippen LogP contribution in [0.25, 0.3) is 0 Å². The molecule has 7 heteroatoms.